The standard InChI is InChI=1S/C28H31ClN2O8/c1-6-15-16-10-14(37-26(35)39-27(3,4)5)8-9-20(16)30-22-17(15)12-31-21(22)11-19-18(23(31)32)13-36-24(33)28(19,7-2)38-25(29)34/h8-10,18-19,21H,6-7,11-13H2,1-5H3. The molecular weight excluding hydrogens is 528 g/mol. The van der Waals surface area contributed by atoms with Crippen LogP contribution in [0.5, 0.6) is 5.75 Å². The van der Waals surface area contributed by atoms with Gasteiger partial charge in [-0.1, -0.05) is 13.8 Å². The number of carbonyl (C=O) groups excluding carboxylic acids is 4. The molecule has 208 valence electrons. The number of piperidine rings is 1. The van der Waals surface area contributed by atoms with Gasteiger partial charge in [0.25, 0.3) is 0 Å². The highest BCUT2D eigenvalue weighted by molar-refractivity contribution is 6.61. The van der Waals surface area contributed by atoms with Gasteiger partial charge in [-0.2, -0.15) is 0 Å². The quantitative estimate of drug-likeness (QED) is 0.215. The van der Waals surface area contributed by atoms with Crippen molar-refractivity contribution >= 4 is 46.0 Å². The Balaban J connectivity index is 1.54. The number of fused-ring (bicyclic) bond motifs is 5. The maximum absolute atomic E-state index is 13.8. The van der Waals surface area contributed by atoms with Crippen molar-refractivity contribution in [1.82, 2.24) is 9.88 Å². The van der Waals surface area contributed by atoms with Gasteiger partial charge in [0.15, 0.2) is 0 Å². The maximum Gasteiger partial charge on any atom is 0.514 e. The Morgan fingerprint density at radius 2 is 1.97 bits per heavy atom. The number of aromatic nitrogens is 1. The van der Waals surface area contributed by atoms with E-state index in [0.717, 1.165) is 22.2 Å². The van der Waals surface area contributed by atoms with E-state index in [9.17, 15) is 19.2 Å². The summed E-state index contributed by atoms with van der Waals surface area (Å²) >= 11 is 5.57. The van der Waals surface area contributed by atoms with Crippen molar-refractivity contribution in [1.29, 1.82) is 0 Å². The van der Waals surface area contributed by atoms with E-state index in [1.54, 1.807) is 50.8 Å². The third kappa shape index (κ3) is 4.58. The average molecular weight is 559 g/mol. The number of nitrogens with zero attached hydrogens (tertiary/aromatic N) is 2. The van der Waals surface area contributed by atoms with Gasteiger partial charge in [0.05, 0.1) is 23.2 Å². The van der Waals surface area contributed by atoms with Crippen LogP contribution in [-0.4, -0.2) is 51.2 Å². The number of rotatable bonds is 4. The number of carbonyl (C=O) groups is 4. The molecule has 3 aliphatic heterocycles. The lowest BCUT2D eigenvalue weighted by atomic mass is 9.68. The second kappa shape index (κ2) is 9.66. The van der Waals surface area contributed by atoms with E-state index >= 15 is 0 Å². The smallest absolute Gasteiger partial charge is 0.462 e. The Kier molecular flexibility index (Phi) is 6.73. The molecule has 2 aromatic rings. The number of ether oxygens (including phenoxy) is 4. The summed E-state index contributed by atoms with van der Waals surface area (Å²) in [6.45, 7) is 9.28. The van der Waals surface area contributed by atoms with Gasteiger partial charge in [0.1, 0.15) is 18.0 Å². The van der Waals surface area contributed by atoms with E-state index in [1.165, 1.54) is 0 Å². The van der Waals surface area contributed by atoms with Crippen LogP contribution in [0.2, 0.25) is 0 Å². The fourth-order valence-corrected chi connectivity index (χ4v) is 6.36. The summed E-state index contributed by atoms with van der Waals surface area (Å²) in [5, 5.41) is 0.819. The van der Waals surface area contributed by atoms with Crippen molar-refractivity contribution in [2.24, 2.45) is 11.8 Å². The first-order chi connectivity index (χ1) is 18.4. The summed E-state index contributed by atoms with van der Waals surface area (Å²) < 4.78 is 21.4. The van der Waals surface area contributed by atoms with E-state index < -0.39 is 46.6 Å². The van der Waals surface area contributed by atoms with Crippen molar-refractivity contribution in [3.8, 4) is 5.75 Å². The maximum atomic E-state index is 13.8. The zero-order valence-corrected chi connectivity index (χ0v) is 23.3. The normalized spacial score (nSPS) is 25.9. The van der Waals surface area contributed by atoms with Gasteiger partial charge in [-0.25, -0.2) is 14.4 Å². The van der Waals surface area contributed by atoms with E-state index in [2.05, 4.69) is 0 Å². The van der Waals surface area contributed by atoms with Gasteiger partial charge in [-0.05, 0) is 69.4 Å². The average Bonchev–Trinajstić information content (AvgIpc) is 3.21. The third-order valence-electron chi connectivity index (χ3n) is 7.86. The van der Waals surface area contributed by atoms with Crippen LogP contribution >= 0.6 is 11.6 Å². The first kappa shape index (κ1) is 27.2. The Labute approximate surface area is 230 Å². The Morgan fingerprint density at radius 1 is 1.23 bits per heavy atom. The SMILES string of the molecule is CCc1c2c(nc3ccc(OC(=O)OC(C)(C)C)cc13)C1CC3C(COC(=O)C3(CC)OC(=O)Cl)C(=O)N1C2. The van der Waals surface area contributed by atoms with Gasteiger partial charge in [-0.15, -0.1) is 0 Å². The molecule has 5 rings (SSSR count). The summed E-state index contributed by atoms with van der Waals surface area (Å²) in [5.41, 5.74) is -0.0605. The highest BCUT2D eigenvalue weighted by atomic mass is 35.5. The van der Waals surface area contributed by atoms with Crippen LogP contribution in [0.15, 0.2) is 18.2 Å². The van der Waals surface area contributed by atoms with Crippen molar-refractivity contribution < 1.29 is 38.1 Å². The molecule has 39 heavy (non-hydrogen) atoms. The number of amides is 1. The minimum Gasteiger partial charge on any atom is -0.462 e. The molecule has 2 fully saturated rings. The monoisotopic (exact) mass is 558 g/mol. The predicted octanol–water partition coefficient (Wildman–Crippen LogP) is 5.21. The number of esters is 1. The van der Waals surface area contributed by atoms with Gasteiger partial charge in [-0.3, -0.25) is 9.78 Å². The van der Waals surface area contributed by atoms with Crippen molar-refractivity contribution in [2.45, 2.75) is 77.7 Å². The van der Waals surface area contributed by atoms with E-state index in [-0.39, 0.29) is 18.9 Å². The molecule has 0 radical (unpaired) electrons. The van der Waals surface area contributed by atoms with E-state index in [4.69, 9.17) is 35.5 Å². The Morgan fingerprint density at radius 3 is 2.62 bits per heavy atom. The molecule has 10 nitrogen and oxygen atoms in total. The molecular formula is C28H31ClN2O8. The first-order valence-corrected chi connectivity index (χ1v) is 13.5. The van der Waals surface area contributed by atoms with Crippen LogP contribution in [0.3, 0.4) is 0 Å². The van der Waals surface area contributed by atoms with Crippen LogP contribution in [0.4, 0.5) is 9.59 Å². The number of pyridine rings is 1. The highest BCUT2D eigenvalue weighted by Crippen LogP contribution is 2.52. The van der Waals surface area contributed by atoms with Crippen LogP contribution in [0.1, 0.15) is 70.3 Å². The van der Waals surface area contributed by atoms with Crippen molar-refractivity contribution in [2.75, 3.05) is 6.61 Å². The lowest BCUT2D eigenvalue weighted by Gasteiger charge is -2.49. The van der Waals surface area contributed by atoms with Crippen molar-refractivity contribution in [3.05, 3.63) is 35.0 Å². The number of halogens is 1. The molecule has 3 aliphatic rings. The number of benzene rings is 1. The highest BCUT2D eigenvalue weighted by Gasteiger charge is 2.62. The van der Waals surface area contributed by atoms with Gasteiger partial charge in [0.2, 0.25) is 11.5 Å². The lowest BCUT2D eigenvalue weighted by molar-refractivity contribution is -0.201. The van der Waals surface area contributed by atoms with Crippen LogP contribution in [-0.2, 0) is 36.8 Å². The molecule has 4 heterocycles. The van der Waals surface area contributed by atoms with Gasteiger partial charge in [0, 0.05) is 29.4 Å². The minimum absolute atomic E-state index is 0.0785. The van der Waals surface area contributed by atoms with Crippen molar-refractivity contribution in [3.63, 3.8) is 0 Å². The molecule has 0 saturated carbocycles. The van der Waals surface area contributed by atoms with Crippen LogP contribution in [0, 0.1) is 11.8 Å². The fourth-order valence-electron chi connectivity index (χ4n) is 6.22. The molecule has 4 atom stereocenters. The largest absolute Gasteiger partial charge is 0.514 e. The first-order valence-electron chi connectivity index (χ1n) is 13.1. The zero-order chi connectivity index (χ0) is 28.3. The van der Waals surface area contributed by atoms with Gasteiger partial charge < -0.3 is 23.8 Å². The second-order valence-corrected chi connectivity index (χ2v) is 11.5. The lowest BCUT2D eigenvalue weighted by Crippen LogP contribution is -2.62. The van der Waals surface area contributed by atoms with E-state index in [1.807, 2.05) is 6.92 Å². The molecule has 1 aromatic carbocycles. The second-order valence-electron chi connectivity index (χ2n) is 11.2. The topological polar surface area (TPSA) is 121 Å². The van der Waals surface area contributed by atoms with Crippen LogP contribution < -0.4 is 4.74 Å². The number of aryl methyl sites for hydroxylation is 1. The van der Waals surface area contributed by atoms with Gasteiger partial charge >= 0.3 is 17.6 Å². The molecule has 0 bridgehead atoms. The van der Waals surface area contributed by atoms with Crippen LogP contribution in [0.25, 0.3) is 10.9 Å². The number of hydrogen-bond donors (Lipinski definition) is 0. The Bertz CT molecular complexity index is 1390. The number of cyclic esters (lactones) is 1. The Hall–Kier alpha value is -3.40. The minimum atomic E-state index is -1.63. The molecule has 4 unspecified atom stereocenters. The molecule has 2 saturated heterocycles. The zero-order valence-electron chi connectivity index (χ0n) is 22.5. The predicted molar refractivity (Wildman–Crippen MR) is 139 cm³/mol. The summed E-state index contributed by atoms with van der Waals surface area (Å²) in [5.74, 6) is -1.78. The third-order valence-corrected chi connectivity index (χ3v) is 7.94. The fraction of sp³-hybridized carbons (Fsp3) is 0.536. The molecule has 1 aromatic heterocycles. The molecule has 0 N–H and O–H groups in total. The number of hydrogen-bond acceptors (Lipinski definition) is 9. The molecule has 0 aliphatic carbocycles. The summed E-state index contributed by atoms with van der Waals surface area (Å²) in [6.07, 6.45) is 0.360. The molecule has 0 spiro atoms. The molecule has 11 heteroatoms. The summed E-state index contributed by atoms with van der Waals surface area (Å²) in [7, 11) is 0. The summed E-state index contributed by atoms with van der Waals surface area (Å²) in [4.78, 5) is 57.4. The van der Waals surface area contributed by atoms with E-state index in [0.29, 0.717) is 30.7 Å². The molecule has 1 amide bonds. The summed E-state index contributed by atoms with van der Waals surface area (Å²) in [6, 6.07) is 4.79.